The smallest absolute Gasteiger partial charge is 0.475 e. The molecule has 1 aromatic carbocycles. The lowest BCUT2D eigenvalue weighted by Gasteiger charge is -2.28. The number of carbonyl (C=O) groups is 3. The molecule has 0 bridgehead atoms. The van der Waals surface area contributed by atoms with Gasteiger partial charge in [-0.05, 0) is 30.7 Å². The van der Waals surface area contributed by atoms with Crippen LogP contribution in [0, 0.1) is 0 Å². The molecule has 0 saturated carbocycles. The van der Waals surface area contributed by atoms with Crippen LogP contribution in [0.1, 0.15) is 15.9 Å². The highest BCUT2D eigenvalue weighted by Gasteiger charge is 2.38. The van der Waals surface area contributed by atoms with E-state index in [9.17, 15) is 22.8 Å². The predicted molar refractivity (Wildman–Crippen MR) is 141 cm³/mol. The number of benzene rings is 1. The van der Waals surface area contributed by atoms with Gasteiger partial charge in [0.1, 0.15) is 5.82 Å². The summed E-state index contributed by atoms with van der Waals surface area (Å²) >= 11 is 0. The molecule has 1 fully saturated rings. The van der Waals surface area contributed by atoms with Crippen molar-refractivity contribution < 1.29 is 37.4 Å². The molecular formula is C26H26F3N7O5. The fourth-order valence-corrected chi connectivity index (χ4v) is 4.25. The number of halogens is 3. The lowest BCUT2D eigenvalue weighted by molar-refractivity contribution is -0.192. The number of imide groups is 1. The molecule has 3 aromatic rings. The highest BCUT2D eigenvalue weighted by Crippen LogP contribution is 2.39. The molecule has 41 heavy (non-hydrogen) atoms. The molecule has 15 heteroatoms. The van der Waals surface area contributed by atoms with Gasteiger partial charge in [-0.3, -0.25) is 14.7 Å². The van der Waals surface area contributed by atoms with Crippen LogP contribution in [-0.2, 0) is 16.0 Å². The van der Waals surface area contributed by atoms with Crippen molar-refractivity contribution in [1.29, 1.82) is 0 Å². The third-order valence-electron chi connectivity index (χ3n) is 6.33. The van der Waals surface area contributed by atoms with Crippen LogP contribution in [0.5, 0.6) is 0 Å². The SMILES string of the molecule is CN(C(N)=O)C(=O)c1cccc(-c2nc(N3CCOCC3)nc3c2CCN3c2cccnc2)c1.O=C(O)C(F)(F)F. The number of pyridine rings is 1. The number of nitrogens with two attached hydrogens (primary N) is 1. The normalized spacial score (nSPS) is 14.5. The summed E-state index contributed by atoms with van der Waals surface area (Å²) in [7, 11) is 1.36. The number of carboxylic acid groups (broad SMARTS) is 1. The minimum absolute atomic E-state index is 0.362. The summed E-state index contributed by atoms with van der Waals surface area (Å²) in [6, 6.07) is 10.2. The van der Waals surface area contributed by atoms with Crippen molar-refractivity contribution in [2.45, 2.75) is 12.6 Å². The fourth-order valence-electron chi connectivity index (χ4n) is 4.25. The molecule has 4 heterocycles. The average Bonchev–Trinajstić information content (AvgIpc) is 3.41. The van der Waals surface area contributed by atoms with Crippen molar-refractivity contribution in [1.82, 2.24) is 19.9 Å². The molecule has 0 aliphatic carbocycles. The highest BCUT2D eigenvalue weighted by molar-refractivity contribution is 6.04. The van der Waals surface area contributed by atoms with Crippen molar-refractivity contribution >= 4 is 35.4 Å². The number of amides is 3. The number of hydrogen-bond acceptors (Lipinski definition) is 9. The Balaban J connectivity index is 0.000000493. The van der Waals surface area contributed by atoms with E-state index in [1.165, 1.54) is 7.05 Å². The number of nitrogens with zero attached hydrogens (tertiary/aromatic N) is 6. The number of primary amides is 1. The van der Waals surface area contributed by atoms with Crippen molar-refractivity contribution in [3.63, 3.8) is 0 Å². The number of aliphatic carboxylic acids is 1. The monoisotopic (exact) mass is 573 g/mol. The molecule has 0 unspecified atom stereocenters. The van der Waals surface area contributed by atoms with Gasteiger partial charge in [0.05, 0.1) is 30.8 Å². The number of aromatic nitrogens is 3. The Labute approximate surface area is 232 Å². The number of fused-ring (bicyclic) bond motifs is 1. The minimum Gasteiger partial charge on any atom is -0.475 e. The molecular weight excluding hydrogens is 547 g/mol. The number of rotatable bonds is 4. The zero-order valence-electron chi connectivity index (χ0n) is 21.8. The molecule has 2 aliphatic rings. The third-order valence-corrected chi connectivity index (χ3v) is 6.33. The molecule has 0 atom stereocenters. The first kappa shape index (κ1) is 29.2. The Kier molecular flexibility index (Phi) is 8.66. The maximum Gasteiger partial charge on any atom is 0.490 e. The second kappa shape index (κ2) is 12.2. The van der Waals surface area contributed by atoms with Gasteiger partial charge in [0.15, 0.2) is 0 Å². The number of morpholine rings is 1. The van der Waals surface area contributed by atoms with E-state index in [0.717, 1.165) is 46.2 Å². The van der Waals surface area contributed by atoms with E-state index in [-0.39, 0.29) is 0 Å². The number of alkyl halides is 3. The maximum absolute atomic E-state index is 12.7. The largest absolute Gasteiger partial charge is 0.490 e. The van der Waals surface area contributed by atoms with Crippen molar-refractivity contribution in [2.24, 2.45) is 5.73 Å². The second-order valence-corrected chi connectivity index (χ2v) is 8.97. The molecule has 12 nitrogen and oxygen atoms in total. The molecule has 1 saturated heterocycles. The third kappa shape index (κ3) is 6.69. The molecule has 2 aliphatic heterocycles. The maximum atomic E-state index is 12.7. The van der Waals surface area contributed by atoms with E-state index < -0.39 is 24.1 Å². The highest BCUT2D eigenvalue weighted by atomic mass is 19.4. The molecule has 0 radical (unpaired) electrons. The molecule has 2 aromatic heterocycles. The first-order valence-electron chi connectivity index (χ1n) is 12.4. The fraction of sp³-hybridized carbons (Fsp3) is 0.308. The average molecular weight is 574 g/mol. The number of carbonyl (C=O) groups excluding carboxylic acids is 2. The summed E-state index contributed by atoms with van der Waals surface area (Å²) in [4.78, 5) is 52.4. The Morgan fingerprint density at radius 3 is 2.39 bits per heavy atom. The number of ether oxygens (including phenoxy) is 1. The van der Waals surface area contributed by atoms with Gasteiger partial charge >= 0.3 is 18.2 Å². The van der Waals surface area contributed by atoms with Crippen LogP contribution >= 0.6 is 0 Å². The van der Waals surface area contributed by atoms with E-state index in [1.807, 2.05) is 24.4 Å². The molecule has 0 spiro atoms. The zero-order chi connectivity index (χ0) is 29.7. The summed E-state index contributed by atoms with van der Waals surface area (Å²) < 4.78 is 37.2. The van der Waals surface area contributed by atoms with Crippen molar-refractivity contribution in [3.8, 4) is 11.3 Å². The number of anilines is 3. The standard InChI is InChI=1S/C24H25N7O3.C2HF3O2/c1-29(23(25)33)22(32)17-5-2-4-16(14-17)20-19-7-9-31(18-6-3-8-26-15-18)21(19)28-24(27-20)30-10-12-34-13-11-30;3-2(4,5)1(6)7/h2-6,8,14-15H,7,9-13H2,1H3,(H2,25,33);(H,6,7). The summed E-state index contributed by atoms with van der Waals surface area (Å²) in [5, 5.41) is 7.12. The van der Waals surface area contributed by atoms with Crippen LogP contribution in [0.25, 0.3) is 11.3 Å². The Morgan fingerprint density at radius 1 is 1.07 bits per heavy atom. The van der Waals surface area contributed by atoms with Gasteiger partial charge in [-0.15, -0.1) is 0 Å². The lowest BCUT2D eigenvalue weighted by Crippen LogP contribution is -2.37. The summed E-state index contributed by atoms with van der Waals surface area (Å²) in [5.74, 6) is -1.76. The van der Waals surface area contributed by atoms with Crippen LogP contribution in [0.2, 0.25) is 0 Å². The topological polar surface area (TPSA) is 155 Å². The Hall–Kier alpha value is -4.79. The number of hydrogen-bond donors (Lipinski definition) is 2. The van der Waals surface area contributed by atoms with E-state index in [2.05, 4.69) is 14.8 Å². The van der Waals surface area contributed by atoms with E-state index >= 15 is 0 Å². The van der Waals surface area contributed by atoms with E-state index in [1.54, 1.807) is 24.4 Å². The molecule has 3 amide bonds. The van der Waals surface area contributed by atoms with Crippen molar-refractivity contribution in [3.05, 3.63) is 59.9 Å². The van der Waals surface area contributed by atoms with Gasteiger partial charge in [0.2, 0.25) is 5.95 Å². The molecule has 5 rings (SSSR count). The quantitative estimate of drug-likeness (QED) is 0.476. The van der Waals surface area contributed by atoms with Crippen LogP contribution in [0.15, 0.2) is 48.8 Å². The van der Waals surface area contributed by atoms with E-state index in [0.29, 0.717) is 37.8 Å². The minimum atomic E-state index is -5.08. The van der Waals surface area contributed by atoms with Gasteiger partial charge in [-0.1, -0.05) is 12.1 Å². The number of carboxylic acids is 1. The predicted octanol–water partition coefficient (Wildman–Crippen LogP) is 2.85. The van der Waals surface area contributed by atoms with Gasteiger partial charge < -0.3 is 25.4 Å². The van der Waals surface area contributed by atoms with Crippen molar-refractivity contribution in [2.75, 3.05) is 49.7 Å². The second-order valence-electron chi connectivity index (χ2n) is 8.97. The van der Waals surface area contributed by atoms with Crippen LogP contribution in [-0.4, -0.2) is 88.9 Å². The molecule has 3 N–H and O–H groups in total. The summed E-state index contributed by atoms with van der Waals surface area (Å²) in [6.45, 7) is 3.38. The van der Waals surface area contributed by atoms with Gasteiger partial charge in [-0.25, -0.2) is 14.6 Å². The Bertz CT molecular complexity index is 1430. The van der Waals surface area contributed by atoms with Crippen LogP contribution in [0.3, 0.4) is 0 Å². The summed E-state index contributed by atoms with van der Waals surface area (Å²) in [5.41, 5.74) is 9.18. The summed E-state index contributed by atoms with van der Waals surface area (Å²) in [6.07, 6.45) is -0.761. The van der Waals surface area contributed by atoms with Gasteiger partial charge in [-0.2, -0.15) is 18.2 Å². The van der Waals surface area contributed by atoms with Crippen LogP contribution in [0.4, 0.5) is 35.4 Å². The van der Waals surface area contributed by atoms with Crippen LogP contribution < -0.4 is 15.5 Å². The lowest BCUT2D eigenvalue weighted by atomic mass is 10.0. The van der Waals surface area contributed by atoms with Gasteiger partial charge in [0, 0.05) is 49.6 Å². The zero-order valence-corrected chi connectivity index (χ0v) is 21.8. The first-order valence-corrected chi connectivity index (χ1v) is 12.4. The van der Waals surface area contributed by atoms with Gasteiger partial charge in [0.25, 0.3) is 5.91 Å². The molecule has 216 valence electrons. The number of urea groups is 1. The van der Waals surface area contributed by atoms with E-state index in [4.69, 9.17) is 30.3 Å². The first-order chi connectivity index (χ1) is 19.5. The Morgan fingerprint density at radius 2 is 1.78 bits per heavy atom.